The monoisotopic (exact) mass is 330 g/mol. The SMILES string of the molecule is CCCCCCCCCCCCCC(=O)OCC(C)(CO)CO. The molecule has 0 radical (unpaired) electrons. The lowest BCUT2D eigenvalue weighted by Gasteiger charge is -2.23. The Labute approximate surface area is 142 Å². The standard InChI is InChI=1S/C19H38O4/c1-3-4-5-6-7-8-9-10-11-12-13-14-18(22)23-17-19(2,15-20)16-21/h20-21H,3-17H2,1-2H3. The summed E-state index contributed by atoms with van der Waals surface area (Å²) in [6, 6.07) is 0. The van der Waals surface area contributed by atoms with E-state index in [1.807, 2.05) is 0 Å². The minimum Gasteiger partial charge on any atom is -0.465 e. The average molecular weight is 331 g/mol. The van der Waals surface area contributed by atoms with Crippen LogP contribution < -0.4 is 0 Å². The Morgan fingerprint density at radius 1 is 0.826 bits per heavy atom. The van der Waals surface area contributed by atoms with Gasteiger partial charge in [-0.15, -0.1) is 0 Å². The van der Waals surface area contributed by atoms with Crippen molar-refractivity contribution in [2.75, 3.05) is 19.8 Å². The fourth-order valence-corrected chi connectivity index (χ4v) is 2.40. The van der Waals surface area contributed by atoms with Gasteiger partial charge in [0.15, 0.2) is 0 Å². The minimum atomic E-state index is -0.729. The van der Waals surface area contributed by atoms with Crippen molar-refractivity contribution in [1.29, 1.82) is 0 Å². The van der Waals surface area contributed by atoms with Crippen molar-refractivity contribution in [1.82, 2.24) is 0 Å². The summed E-state index contributed by atoms with van der Waals surface area (Å²) in [6.45, 7) is 3.65. The molecule has 138 valence electrons. The molecule has 0 aliphatic rings. The number of rotatable bonds is 16. The van der Waals surface area contributed by atoms with Gasteiger partial charge in [0, 0.05) is 11.8 Å². The van der Waals surface area contributed by atoms with Gasteiger partial charge in [0.2, 0.25) is 0 Å². The molecule has 0 bridgehead atoms. The third kappa shape index (κ3) is 13.5. The number of esters is 1. The lowest BCUT2D eigenvalue weighted by Crippen LogP contribution is -2.32. The first kappa shape index (κ1) is 22.4. The summed E-state index contributed by atoms with van der Waals surface area (Å²) >= 11 is 0. The Balaban J connectivity index is 3.36. The molecule has 2 N–H and O–H groups in total. The van der Waals surface area contributed by atoms with Crippen molar-refractivity contribution in [2.45, 2.75) is 90.9 Å². The molecule has 4 nitrogen and oxygen atoms in total. The molecule has 0 unspecified atom stereocenters. The molecular formula is C19H38O4. The second kappa shape index (κ2) is 14.9. The number of aliphatic hydroxyl groups excluding tert-OH is 2. The number of ether oxygens (including phenoxy) is 1. The van der Waals surface area contributed by atoms with E-state index in [0.29, 0.717) is 6.42 Å². The van der Waals surface area contributed by atoms with Crippen molar-refractivity contribution in [3.05, 3.63) is 0 Å². The van der Waals surface area contributed by atoms with Crippen LogP contribution in [0.2, 0.25) is 0 Å². The zero-order valence-electron chi connectivity index (χ0n) is 15.3. The predicted octanol–water partition coefficient (Wildman–Crippen LogP) is 4.22. The van der Waals surface area contributed by atoms with E-state index in [1.54, 1.807) is 6.92 Å². The van der Waals surface area contributed by atoms with Crippen LogP contribution in [-0.2, 0) is 9.53 Å². The molecule has 0 saturated carbocycles. The van der Waals surface area contributed by atoms with Crippen molar-refractivity contribution in [3.8, 4) is 0 Å². The van der Waals surface area contributed by atoms with Gasteiger partial charge >= 0.3 is 5.97 Å². The molecule has 0 aromatic carbocycles. The molecule has 4 heteroatoms. The normalized spacial score (nSPS) is 11.7. The third-order valence-electron chi connectivity index (χ3n) is 4.33. The number of aliphatic hydroxyl groups is 2. The predicted molar refractivity (Wildman–Crippen MR) is 94.3 cm³/mol. The van der Waals surface area contributed by atoms with Gasteiger partial charge in [0.25, 0.3) is 0 Å². The first-order valence-electron chi connectivity index (χ1n) is 9.45. The van der Waals surface area contributed by atoms with E-state index in [9.17, 15) is 4.79 Å². The molecular weight excluding hydrogens is 292 g/mol. The van der Waals surface area contributed by atoms with E-state index >= 15 is 0 Å². The van der Waals surface area contributed by atoms with Crippen LogP contribution in [-0.4, -0.2) is 36.0 Å². The molecule has 0 aliphatic carbocycles. The second-order valence-corrected chi connectivity index (χ2v) is 7.07. The Morgan fingerprint density at radius 2 is 1.26 bits per heavy atom. The average Bonchev–Trinajstić information content (AvgIpc) is 2.57. The van der Waals surface area contributed by atoms with Crippen LogP contribution in [0, 0.1) is 5.41 Å². The van der Waals surface area contributed by atoms with Gasteiger partial charge in [0.1, 0.15) is 6.61 Å². The third-order valence-corrected chi connectivity index (χ3v) is 4.33. The first-order valence-corrected chi connectivity index (χ1v) is 9.45. The molecule has 0 fully saturated rings. The number of hydrogen-bond acceptors (Lipinski definition) is 4. The van der Waals surface area contributed by atoms with Crippen LogP contribution in [0.15, 0.2) is 0 Å². The summed E-state index contributed by atoms with van der Waals surface area (Å²) < 4.78 is 5.12. The van der Waals surface area contributed by atoms with Crippen molar-refractivity contribution >= 4 is 5.97 Å². The van der Waals surface area contributed by atoms with Gasteiger partial charge in [-0.2, -0.15) is 0 Å². The van der Waals surface area contributed by atoms with Crippen LogP contribution in [0.1, 0.15) is 90.9 Å². The highest BCUT2D eigenvalue weighted by atomic mass is 16.5. The van der Waals surface area contributed by atoms with Crippen molar-refractivity contribution < 1.29 is 19.7 Å². The Bertz CT molecular complexity index is 275. The summed E-state index contributed by atoms with van der Waals surface area (Å²) in [5, 5.41) is 18.2. The zero-order valence-corrected chi connectivity index (χ0v) is 15.3. The lowest BCUT2D eigenvalue weighted by atomic mass is 9.94. The smallest absolute Gasteiger partial charge is 0.305 e. The molecule has 0 saturated heterocycles. The highest BCUT2D eigenvalue weighted by molar-refractivity contribution is 5.69. The number of unbranched alkanes of at least 4 members (excludes halogenated alkanes) is 10. The summed E-state index contributed by atoms with van der Waals surface area (Å²) in [4.78, 5) is 11.6. The van der Waals surface area contributed by atoms with Crippen LogP contribution in [0.5, 0.6) is 0 Å². The van der Waals surface area contributed by atoms with Crippen LogP contribution in [0.4, 0.5) is 0 Å². The van der Waals surface area contributed by atoms with Gasteiger partial charge in [-0.05, 0) is 6.42 Å². The van der Waals surface area contributed by atoms with E-state index in [0.717, 1.165) is 12.8 Å². The number of hydrogen-bond donors (Lipinski definition) is 2. The highest BCUT2D eigenvalue weighted by Crippen LogP contribution is 2.16. The van der Waals surface area contributed by atoms with E-state index in [-0.39, 0.29) is 25.8 Å². The van der Waals surface area contributed by atoms with Gasteiger partial charge in [-0.3, -0.25) is 4.79 Å². The fourth-order valence-electron chi connectivity index (χ4n) is 2.40. The van der Waals surface area contributed by atoms with Gasteiger partial charge in [-0.25, -0.2) is 0 Å². The van der Waals surface area contributed by atoms with Crippen molar-refractivity contribution in [3.63, 3.8) is 0 Å². The molecule has 0 rings (SSSR count). The maximum Gasteiger partial charge on any atom is 0.305 e. The quantitative estimate of drug-likeness (QED) is 0.328. The summed E-state index contributed by atoms with van der Waals surface area (Å²) in [6.07, 6.45) is 14.3. The van der Waals surface area contributed by atoms with Crippen LogP contribution in [0.25, 0.3) is 0 Å². The largest absolute Gasteiger partial charge is 0.465 e. The summed E-state index contributed by atoms with van der Waals surface area (Å²) in [5.41, 5.74) is -0.729. The van der Waals surface area contributed by atoms with Gasteiger partial charge < -0.3 is 14.9 Å². The van der Waals surface area contributed by atoms with Gasteiger partial charge in [0.05, 0.1) is 13.2 Å². The summed E-state index contributed by atoms with van der Waals surface area (Å²) in [7, 11) is 0. The maximum atomic E-state index is 11.6. The van der Waals surface area contributed by atoms with Crippen LogP contribution >= 0.6 is 0 Å². The number of carbonyl (C=O) groups is 1. The molecule has 0 aromatic rings. The zero-order chi connectivity index (χ0) is 17.4. The molecule has 0 atom stereocenters. The Hall–Kier alpha value is -0.610. The molecule has 0 amide bonds. The van der Waals surface area contributed by atoms with Gasteiger partial charge in [-0.1, -0.05) is 78.1 Å². The van der Waals surface area contributed by atoms with E-state index in [1.165, 1.54) is 57.8 Å². The number of carbonyl (C=O) groups excluding carboxylic acids is 1. The Kier molecular flexibility index (Phi) is 14.6. The van der Waals surface area contributed by atoms with Crippen molar-refractivity contribution in [2.24, 2.45) is 5.41 Å². The molecule has 0 aromatic heterocycles. The lowest BCUT2D eigenvalue weighted by molar-refractivity contribution is -0.149. The van der Waals surface area contributed by atoms with E-state index in [2.05, 4.69) is 6.92 Å². The second-order valence-electron chi connectivity index (χ2n) is 7.07. The molecule has 0 heterocycles. The first-order chi connectivity index (χ1) is 11.1. The van der Waals surface area contributed by atoms with Crippen LogP contribution in [0.3, 0.4) is 0 Å². The molecule has 0 spiro atoms. The maximum absolute atomic E-state index is 11.6. The topological polar surface area (TPSA) is 66.8 Å². The molecule has 0 aliphatic heterocycles. The fraction of sp³-hybridized carbons (Fsp3) is 0.947. The Morgan fingerprint density at radius 3 is 1.70 bits per heavy atom. The molecule has 23 heavy (non-hydrogen) atoms. The summed E-state index contributed by atoms with van der Waals surface area (Å²) in [5.74, 6) is -0.228. The van der Waals surface area contributed by atoms with E-state index in [4.69, 9.17) is 14.9 Å². The minimum absolute atomic E-state index is 0.0802. The highest BCUT2D eigenvalue weighted by Gasteiger charge is 2.24. The van der Waals surface area contributed by atoms with E-state index < -0.39 is 5.41 Å².